The highest BCUT2D eigenvalue weighted by atomic mass is 16.5. The second kappa shape index (κ2) is 6.76. The Morgan fingerprint density at radius 1 is 1.63 bits per heavy atom. The van der Waals surface area contributed by atoms with Crippen molar-refractivity contribution in [3.05, 3.63) is 23.9 Å². The molecule has 0 aliphatic carbocycles. The number of ether oxygens (including phenoxy) is 2. The second-order valence-electron chi connectivity index (χ2n) is 4.20. The number of aromatic nitrogens is 1. The Balaban J connectivity index is 1.86. The van der Waals surface area contributed by atoms with Gasteiger partial charge in [0.2, 0.25) is 5.88 Å². The van der Waals surface area contributed by atoms with Crippen molar-refractivity contribution in [2.75, 3.05) is 19.8 Å². The fourth-order valence-electron chi connectivity index (χ4n) is 1.71. The standard InChI is InChI=1S/C14H16N2O3/c1-2-3-7-15-14(17)11-4-5-13(16-9-11)19-12-6-8-18-10-12/h1,4-5,9,12H,3,6-8,10H2,(H,15,17)/t12-/m0/s1. The molecule has 2 rings (SSSR count). The number of carbonyl (C=O) groups excluding carboxylic acids is 1. The molecule has 0 spiro atoms. The molecule has 100 valence electrons. The quantitative estimate of drug-likeness (QED) is 0.634. The predicted octanol–water partition coefficient (Wildman–Crippen LogP) is 1.00. The zero-order chi connectivity index (χ0) is 13.5. The third-order valence-electron chi connectivity index (χ3n) is 2.73. The highest BCUT2D eigenvalue weighted by Gasteiger charge is 2.17. The summed E-state index contributed by atoms with van der Waals surface area (Å²) in [5.74, 6) is 2.79. The smallest absolute Gasteiger partial charge is 0.252 e. The van der Waals surface area contributed by atoms with Crippen molar-refractivity contribution in [1.82, 2.24) is 10.3 Å². The average Bonchev–Trinajstić information content (AvgIpc) is 2.93. The molecule has 0 aromatic carbocycles. The van der Waals surface area contributed by atoms with Gasteiger partial charge in [0.25, 0.3) is 5.91 Å². The molecule has 1 aliphatic heterocycles. The molecule has 1 aromatic heterocycles. The van der Waals surface area contributed by atoms with Gasteiger partial charge in [-0.2, -0.15) is 0 Å². The van der Waals surface area contributed by atoms with Crippen LogP contribution in [0, 0.1) is 12.3 Å². The predicted molar refractivity (Wildman–Crippen MR) is 69.9 cm³/mol. The van der Waals surface area contributed by atoms with Gasteiger partial charge in [0.15, 0.2) is 0 Å². The van der Waals surface area contributed by atoms with Gasteiger partial charge in [-0.05, 0) is 6.07 Å². The van der Waals surface area contributed by atoms with Gasteiger partial charge < -0.3 is 14.8 Å². The van der Waals surface area contributed by atoms with Gasteiger partial charge in [0.05, 0.1) is 18.8 Å². The van der Waals surface area contributed by atoms with Crippen LogP contribution in [0.5, 0.6) is 5.88 Å². The van der Waals surface area contributed by atoms with E-state index >= 15 is 0 Å². The zero-order valence-corrected chi connectivity index (χ0v) is 10.6. The monoisotopic (exact) mass is 260 g/mol. The van der Waals surface area contributed by atoms with Crippen molar-refractivity contribution >= 4 is 5.91 Å². The molecule has 0 radical (unpaired) electrons. The summed E-state index contributed by atoms with van der Waals surface area (Å²) in [6.07, 6.45) is 8.05. The molecule has 1 aromatic rings. The van der Waals surface area contributed by atoms with Crippen molar-refractivity contribution < 1.29 is 14.3 Å². The molecule has 1 atom stereocenters. The number of rotatable bonds is 5. The third-order valence-corrected chi connectivity index (χ3v) is 2.73. The molecule has 19 heavy (non-hydrogen) atoms. The summed E-state index contributed by atoms with van der Waals surface area (Å²) in [5.41, 5.74) is 0.493. The molecule has 2 heterocycles. The lowest BCUT2D eigenvalue weighted by Crippen LogP contribution is -2.24. The Morgan fingerprint density at radius 3 is 3.16 bits per heavy atom. The van der Waals surface area contributed by atoms with Gasteiger partial charge in [-0.25, -0.2) is 4.98 Å². The molecule has 1 N–H and O–H groups in total. The maximum Gasteiger partial charge on any atom is 0.252 e. The van der Waals surface area contributed by atoms with Crippen molar-refractivity contribution in [2.24, 2.45) is 0 Å². The lowest BCUT2D eigenvalue weighted by Gasteiger charge is -2.10. The van der Waals surface area contributed by atoms with Crippen LogP contribution in [0.1, 0.15) is 23.2 Å². The largest absolute Gasteiger partial charge is 0.472 e. The van der Waals surface area contributed by atoms with Crippen LogP contribution >= 0.6 is 0 Å². The van der Waals surface area contributed by atoms with E-state index in [0.717, 1.165) is 13.0 Å². The molecule has 0 bridgehead atoms. The fraction of sp³-hybridized carbons (Fsp3) is 0.429. The molecule has 1 amide bonds. The van der Waals surface area contributed by atoms with E-state index in [1.54, 1.807) is 12.1 Å². The molecule has 1 saturated heterocycles. The first-order chi connectivity index (χ1) is 9.29. The molecule has 0 saturated carbocycles. The summed E-state index contributed by atoms with van der Waals surface area (Å²) >= 11 is 0. The summed E-state index contributed by atoms with van der Waals surface area (Å²) in [7, 11) is 0. The summed E-state index contributed by atoms with van der Waals surface area (Å²) in [6, 6.07) is 3.37. The molecule has 5 heteroatoms. The summed E-state index contributed by atoms with van der Waals surface area (Å²) in [4.78, 5) is 15.8. The number of carbonyl (C=O) groups is 1. The Labute approximate surface area is 112 Å². The average molecular weight is 260 g/mol. The number of pyridine rings is 1. The van der Waals surface area contributed by atoms with E-state index in [1.807, 2.05) is 0 Å². The van der Waals surface area contributed by atoms with E-state index in [-0.39, 0.29) is 12.0 Å². The molecule has 5 nitrogen and oxygen atoms in total. The van der Waals surface area contributed by atoms with Crippen molar-refractivity contribution in [3.63, 3.8) is 0 Å². The minimum Gasteiger partial charge on any atom is -0.472 e. The van der Waals surface area contributed by atoms with E-state index in [9.17, 15) is 4.79 Å². The van der Waals surface area contributed by atoms with Crippen LogP contribution in [0.4, 0.5) is 0 Å². The molecular weight excluding hydrogens is 244 g/mol. The molecule has 1 fully saturated rings. The van der Waals surface area contributed by atoms with E-state index < -0.39 is 0 Å². The molecule has 1 aliphatic rings. The number of hydrogen-bond donors (Lipinski definition) is 1. The maximum absolute atomic E-state index is 11.7. The first kappa shape index (κ1) is 13.4. The first-order valence-electron chi connectivity index (χ1n) is 6.21. The Morgan fingerprint density at radius 2 is 2.53 bits per heavy atom. The van der Waals surface area contributed by atoms with Crippen LogP contribution < -0.4 is 10.1 Å². The van der Waals surface area contributed by atoms with Crippen LogP contribution in [-0.2, 0) is 4.74 Å². The Hall–Kier alpha value is -2.06. The van der Waals surface area contributed by atoms with Crippen LogP contribution in [0.2, 0.25) is 0 Å². The minimum atomic E-state index is -0.182. The van der Waals surface area contributed by atoms with E-state index in [1.165, 1.54) is 6.20 Å². The van der Waals surface area contributed by atoms with Gasteiger partial charge in [-0.1, -0.05) is 0 Å². The van der Waals surface area contributed by atoms with Crippen molar-refractivity contribution in [1.29, 1.82) is 0 Å². The summed E-state index contributed by atoms with van der Waals surface area (Å²) < 4.78 is 10.8. The number of amides is 1. The zero-order valence-electron chi connectivity index (χ0n) is 10.6. The molecule has 0 unspecified atom stereocenters. The highest BCUT2D eigenvalue weighted by Crippen LogP contribution is 2.14. The minimum absolute atomic E-state index is 0.0582. The number of hydrogen-bond acceptors (Lipinski definition) is 4. The second-order valence-corrected chi connectivity index (χ2v) is 4.20. The van der Waals surface area contributed by atoms with Gasteiger partial charge >= 0.3 is 0 Å². The van der Waals surface area contributed by atoms with E-state index in [2.05, 4.69) is 16.2 Å². The highest BCUT2D eigenvalue weighted by molar-refractivity contribution is 5.93. The number of terminal acetylenes is 1. The van der Waals surface area contributed by atoms with Crippen LogP contribution in [-0.4, -0.2) is 36.8 Å². The van der Waals surface area contributed by atoms with Crippen LogP contribution in [0.15, 0.2) is 18.3 Å². The summed E-state index contributed by atoms with van der Waals surface area (Å²) in [6.45, 7) is 1.78. The van der Waals surface area contributed by atoms with Gasteiger partial charge in [0, 0.05) is 31.6 Å². The topological polar surface area (TPSA) is 60.5 Å². The third kappa shape index (κ3) is 3.97. The van der Waals surface area contributed by atoms with Crippen LogP contribution in [0.3, 0.4) is 0 Å². The number of nitrogens with one attached hydrogen (secondary N) is 1. The van der Waals surface area contributed by atoms with Crippen molar-refractivity contribution in [2.45, 2.75) is 18.9 Å². The molecular formula is C14H16N2O3. The van der Waals surface area contributed by atoms with Gasteiger partial charge in [0.1, 0.15) is 6.10 Å². The first-order valence-corrected chi connectivity index (χ1v) is 6.21. The van der Waals surface area contributed by atoms with Gasteiger partial charge in [-0.15, -0.1) is 12.3 Å². The lowest BCUT2D eigenvalue weighted by molar-refractivity contribution is 0.0954. The normalized spacial score (nSPS) is 17.7. The lowest BCUT2D eigenvalue weighted by atomic mass is 10.2. The van der Waals surface area contributed by atoms with Crippen LogP contribution in [0.25, 0.3) is 0 Å². The number of nitrogens with zero attached hydrogens (tertiary/aromatic N) is 1. The SMILES string of the molecule is C#CCCNC(=O)c1ccc(O[C@H]2CCOC2)nc1. The van der Waals surface area contributed by atoms with Gasteiger partial charge in [-0.3, -0.25) is 4.79 Å². The summed E-state index contributed by atoms with van der Waals surface area (Å²) in [5, 5.41) is 2.71. The Bertz CT molecular complexity index is 459. The van der Waals surface area contributed by atoms with E-state index in [0.29, 0.717) is 31.0 Å². The maximum atomic E-state index is 11.7. The van der Waals surface area contributed by atoms with Crippen molar-refractivity contribution in [3.8, 4) is 18.2 Å². The van der Waals surface area contributed by atoms with E-state index in [4.69, 9.17) is 15.9 Å². The fourth-order valence-corrected chi connectivity index (χ4v) is 1.71. The Kier molecular flexibility index (Phi) is 4.76.